The SMILES string of the molecule is Cc1ccnc(NCCC(C)(C)C)c1N. The van der Waals surface area contributed by atoms with Crippen LogP contribution >= 0.6 is 0 Å². The van der Waals surface area contributed by atoms with Crippen molar-refractivity contribution < 1.29 is 0 Å². The number of anilines is 2. The Morgan fingerprint density at radius 3 is 2.67 bits per heavy atom. The molecule has 0 aliphatic carbocycles. The largest absolute Gasteiger partial charge is 0.396 e. The van der Waals surface area contributed by atoms with E-state index >= 15 is 0 Å². The minimum atomic E-state index is 0.339. The molecule has 0 spiro atoms. The van der Waals surface area contributed by atoms with E-state index in [9.17, 15) is 0 Å². The van der Waals surface area contributed by atoms with Gasteiger partial charge in [0.2, 0.25) is 0 Å². The van der Waals surface area contributed by atoms with Crippen LogP contribution in [0.1, 0.15) is 32.8 Å². The summed E-state index contributed by atoms with van der Waals surface area (Å²) in [6.45, 7) is 9.57. The fourth-order valence-electron chi connectivity index (χ4n) is 1.27. The number of aryl methyl sites for hydroxylation is 1. The quantitative estimate of drug-likeness (QED) is 0.801. The van der Waals surface area contributed by atoms with Crippen molar-refractivity contribution in [2.45, 2.75) is 34.1 Å². The molecule has 15 heavy (non-hydrogen) atoms. The lowest BCUT2D eigenvalue weighted by Crippen LogP contribution is -2.14. The number of pyridine rings is 1. The van der Waals surface area contributed by atoms with Gasteiger partial charge in [0.25, 0.3) is 0 Å². The number of nitrogens with two attached hydrogens (primary N) is 1. The molecule has 84 valence electrons. The van der Waals surface area contributed by atoms with Gasteiger partial charge in [-0.1, -0.05) is 20.8 Å². The van der Waals surface area contributed by atoms with E-state index in [4.69, 9.17) is 5.73 Å². The van der Waals surface area contributed by atoms with Crippen LogP contribution in [0.2, 0.25) is 0 Å². The fourth-order valence-corrected chi connectivity index (χ4v) is 1.27. The summed E-state index contributed by atoms with van der Waals surface area (Å²) >= 11 is 0. The highest BCUT2D eigenvalue weighted by Gasteiger charge is 2.10. The van der Waals surface area contributed by atoms with Gasteiger partial charge in [0, 0.05) is 12.7 Å². The Morgan fingerprint density at radius 1 is 1.40 bits per heavy atom. The fraction of sp³-hybridized carbons (Fsp3) is 0.583. The van der Waals surface area contributed by atoms with Crippen LogP contribution in [0.25, 0.3) is 0 Å². The molecule has 0 amide bonds. The van der Waals surface area contributed by atoms with Gasteiger partial charge in [0.05, 0.1) is 5.69 Å². The molecule has 1 heterocycles. The third kappa shape index (κ3) is 3.78. The van der Waals surface area contributed by atoms with E-state index in [1.165, 1.54) is 0 Å². The van der Waals surface area contributed by atoms with E-state index in [0.717, 1.165) is 30.0 Å². The summed E-state index contributed by atoms with van der Waals surface area (Å²) in [7, 11) is 0. The van der Waals surface area contributed by atoms with Gasteiger partial charge in [0.1, 0.15) is 5.82 Å². The normalized spacial score (nSPS) is 11.5. The monoisotopic (exact) mass is 207 g/mol. The summed E-state index contributed by atoms with van der Waals surface area (Å²) in [5.74, 6) is 0.805. The maximum atomic E-state index is 5.91. The average Bonchev–Trinajstić information content (AvgIpc) is 2.10. The van der Waals surface area contributed by atoms with Gasteiger partial charge in [0.15, 0.2) is 0 Å². The molecule has 1 aromatic heterocycles. The van der Waals surface area contributed by atoms with Crippen molar-refractivity contribution in [2.75, 3.05) is 17.6 Å². The van der Waals surface area contributed by atoms with Gasteiger partial charge in [-0.05, 0) is 30.4 Å². The molecule has 0 aliphatic rings. The van der Waals surface area contributed by atoms with E-state index < -0.39 is 0 Å². The third-order valence-corrected chi connectivity index (χ3v) is 2.38. The smallest absolute Gasteiger partial charge is 0.149 e. The first-order valence-electron chi connectivity index (χ1n) is 5.35. The van der Waals surface area contributed by atoms with Gasteiger partial charge in [-0.3, -0.25) is 0 Å². The zero-order valence-corrected chi connectivity index (χ0v) is 10.1. The lowest BCUT2D eigenvalue weighted by Gasteiger charge is -2.18. The van der Waals surface area contributed by atoms with E-state index in [0.29, 0.717) is 5.41 Å². The number of nitrogen functional groups attached to an aromatic ring is 1. The Balaban J connectivity index is 2.55. The zero-order valence-electron chi connectivity index (χ0n) is 10.1. The second kappa shape index (κ2) is 4.51. The minimum absolute atomic E-state index is 0.339. The second-order valence-electron chi connectivity index (χ2n) is 5.13. The Kier molecular flexibility index (Phi) is 3.56. The van der Waals surface area contributed by atoms with E-state index in [-0.39, 0.29) is 0 Å². The molecule has 0 aliphatic heterocycles. The van der Waals surface area contributed by atoms with E-state index in [2.05, 4.69) is 31.1 Å². The van der Waals surface area contributed by atoms with Crippen LogP contribution in [0.15, 0.2) is 12.3 Å². The van der Waals surface area contributed by atoms with Gasteiger partial charge >= 0.3 is 0 Å². The van der Waals surface area contributed by atoms with Crippen molar-refractivity contribution in [3.63, 3.8) is 0 Å². The Labute approximate surface area is 92.1 Å². The molecule has 1 rings (SSSR count). The van der Waals surface area contributed by atoms with Crippen LogP contribution in [-0.4, -0.2) is 11.5 Å². The summed E-state index contributed by atoms with van der Waals surface area (Å²) in [6.07, 6.45) is 2.88. The zero-order chi connectivity index (χ0) is 11.5. The highest BCUT2D eigenvalue weighted by Crippen LogP contribution is 2.21. The molecule has 0 saturated heterocycles. The van der Waals surface area contributed by atoms with Crippen molar-refractivity contribution in [1.29, 1.82) is 0 Å². The topological polar surface area (TPSA) is 50.9 Å². The Hall–Kier alpha value is -1.25. The van der Waals surface area contributed by atoms with Gasteiger partial charge in [-0.2, -0.15) is 0 Å². The molecule has 0 bridgehead atoms. The summed E-state index contributed by atoms with van der Waals surface area (Å²) in [5, 5.41) is 3.27. The molecule has 0 atom stereocenters. The maximum Gasteiger partial charge on any atom is 0.149 e. The Bertz CT molecular complexity index is 326. The van der Waals surface area contributed by atoms with Crippen molar-refractivity contribution in [3.8, 4) is 0 Å². The van der Waals surface area contributed by atoms with E-state index in [1.807, 2.05) is 13.0 Å². The molecule has 3 nitrogen and oxygen atoms in total. The van der Waals surface area contributed by atoms with Crippen LogP contribution in [0.3, 0.4) is 0 Å². The number of hydrogen-bond acceptors (Lipinski definition) is 3. The molecule has 3 heteroatoms. The van der Waals surface area contributed by atoms with Crippen LogP contribution < -0.4 is 11.1 Å². The van der Waals surface area contributed by atoms with Crippen LogP contribution in [0.4, 0.5) is 11.5 Å². The molecule has 0 unspecified atom stereocenters. The van der Waals surface area contributed by atoms with Crippen LogP contribution in [0.5, 0.6) is 0 Å². The second-order valence-corrected chi connectivity index (χ2v) is 5.13. The van der Waals surface area contributed by atoms with E-state index in [1.54, 1.807) is 6.20 Å². The first kappa shape index (κ1) is 11.8. The van der Waals surface area contributed by atoms with Gasteiger partial charge in [-0.25, -0.2) is 4.98 Å². The van der Waals surface area contributed by atoms with Crippen molar-refractivity contribution in [3.05, 3.63) is 17.8 Å². The van der Waals surface area contributed by atoms with Crippen LogP contribution in [-0.2, 0) is 0 Å². The number of nitrogens with zero attached hydrogens (tertiary/aromatic N) is 1. The summed E-state index contributed by atoms with van der Waals surface area (Å²) in [4.78, 5) is 4.22. The standard InChI is InChI=1S/C12H21N3/c1-9-5-7-14-11(10(9)13)15-8-6-12(2,3)4/h5,7H,6,8,13H2,1-4H3,(H,14,15). The first-order valence-corrected chi connectivity index (χ1v) is 5.35. The highest BCUT2D eigenvalue weighted by molar-refractivity contribution is 5.64. The predicted molar refractivity (Wildman–Crippen MR) is 65.9 cm³/mol. The summed E-state index contributed by atoms with van der Waals surface area (Å²) < 4.78 is 0. The number of hydrogen-bond donors (Lipinski definition) is 2. The van der Waals surface area contributed by atoms with Crippen molar-refractivity contribution in [2.24, 2.45) is 5.41 Å². The molecule has 0 saturated carbocycles. The molecule has 0 fully saturated rings. The molecular weight excluding hydrogens is 186 g/mol. The first-order chi connectivity index (χ1) is 6.90. The average molecular weight is 207 g/mol. The Morgan fingerprint density at radius 2 is 2.07 bits per heavy atom. The lowest BCUT2D eigenvalue weighted by atomic mass is 9.92. The predicted octanol–water partition coefficient (Wildman–Crippen LogP) is 2.82. The molecule has 1 aromatic rings. The van der Waals surface area contributed by atoms with Gasteiger partial charge in [-0.15, -0.1) is 0 Å². The molecule has 0 radical (unpaired) electrons. The lowest BCUT2D eigenvalue weighted by molar-refractivity contribution is 0.389. The summed E-state index contributed by atoms with van der Waals surface area (Å²) in [5.41, 5.74) is 8.07. The minimum Gasteiger partial charge on any atom is -0.396 e. The maximum absolute atomic E-state index is 5.91. The van der Waals surface area contributed by atoms with Crippen molar-refractivity contribution >= 4 is 11.5 Å². The third-order valence-electron chi connectivity index (χ3n) is 2.38. The highest BCUT2D eigenvalue weighted by atomic mass is 15.0. The summed E-state index contributed by atoms with van der Waals surface area (Å²) in [6, 6.07) is 1.92. The molecule has 0 aromatic carbocycles. The molecule has 3 N–H and O–H groups in total. The van der Waals surface area contributed by atoms with Gasteiger partial charge < -0.3 is 11.1 Å². The number of aromatic nitrogens is 1. The van der Waals surface area contributed by atoms with Crippen LogP contribution in [0, 0.1) is 12.3 Å². The van der Waals surface area contributed by atoms with Crippen molar-refractivity contribution in [1.82, 2.24) is 4.98 Å². The number of rotatable bonds is 3. The molecular formula is C12H21N3. The number of nitrogens with one attached hydrogen (secondary N) is 1.